The predicted molar refractivity (Wildman–Crippen MR) is 84.1 cm³/mol. The molecule has 0 bridgehead atoms. The molecule has 1 aromatic heterocycles. The van der Waals surface area contributed by atoms with E-state index in [0.717, 1.165) is 22.5 Å². The summed E-state index contributed by atoms with van der Waals surface area (Å²) >= 11 is 1.66. The number of aryl methyl sites for hydroxylation is 1. The van der Waals surface area contributed by atoms with E-state index >= 15 is 0 Å². The molecule has 0 aliphatic rings. The van der Waals surface area contributed by atoms with Crippen molar-refractivity contribution in [1.82, 2.24) is 4.98 Å². The molecule has 1 atom stereocenters. The molecule has 1 unspecified atom stereocenters. The Bertz CT molecular complexity index is 687. The Kier molecular flexibility index (Phi) is 3.81. The predicted octanol–water partition coefficient (Wildman–Crippen LogP) is 4.13. The smallest absolute Gasteiger partial charge is 0.0967 e. The van der Waals surface area contributed by atoms with Gasteiger partial charge in [-0.15, -0.1) is 11.3 Å². The van der Waals surface area contributed by atoms with Crippen molar-refractivity contribution in [3.05, 3.63) is 64.7 Å². The first kappa shape index (κ1) is 13.3. The van der Waals surface area contributed by atoms with Crippen molar-refractivity contribution in [2.75, 3.05) is 0 Å². The number of aromatic nitrogens is 1. The maximum atomic E-state index is 10.5. The van der Waals surface area contributed by atoms with E-state index in [1.807, 2.05) is 36.4 Å². The van der Waals surface area contributed by atoms with Crippen LogP contribution < -0.4 is 0 Å². The average Bonchev–Trinajstić information content (AvgIpc) is 2.89. The van der Waals surface area contributed by atoms with E-state index in [4.69, 9.17) is 0 Å². The lowest BCUT2D eigenvalue weighted by Gasteiger charge is -2.13. The molecule has 0 saturated carbocycles. The van der Waals surface area contributed by atoms with Gasteiger partial charge in [0, 0.05) is 6.42 Å². The minimum absolute atomic E-state index is 0.480. The van der Waals surface area contributed by atoms with Crippen LogP contribution in [0.15, 0.2) is 48.5 Å². The second-order valence-electron chi connectivity index (χ2n) is 4.85. The van der Waals surface area contributed by atoms with Crippen LogP contribution in [-0.4, -0.2) is 10.1 Å². The number of hydrogen-bond donors (Lipinski definition) is 1. The Morgan fingerprint density at radius 1 is 1.10 bits per heavy atom. The highest BCUT2D eigenvalue weighted by Gasteiger charge is 2.14. The quantitative estimate of drug-likeness (QED) is 0.781. The highest BCUT2D eigenvalue weighted by molar-refractivity contribution is 7.18. The van der Waals surface area contributed by atoms with Crippen LogP contribution >= 0.6 is 11.3 Å². The Balaban J connectivity index is 1.86. The van der Waals surface area contributed by atoms with Crippen LogP contribution in [0, 0.1) is 0 Å². The largest absolute Gasteiger partial charge is 0.388 e. The van der Waals surface area contributed by atoms with Crippen LogP contribution in [0.3, 0.4) is 0 Å². The van der Waals surface area contributed by atoms with Crippen LogP contribution in [0.25, 0.3) is 10.2 Å². The fraction of sp³-hybridized carbons (Fsp3) is 0.235. The van der Waals surface area contributed by atoms with Gasteiger partial charge in [0.2, 0.25) is 0 Å². The van der Waals surface area contributed by atoms with Crippen molar-refractivity contribution in [2.24, 2.45) is 0 Å². The van der Waals surface area contributed by atoms with Crippen LogP contribution in [0.5, 0.6) is 0 Å². The summed E-state index contributed by atoms with van der Waals surface area (Å²) in [6, 6.07) is 16.2. The van der Waals surface area contributed by atoms with E-state index in [0.29, 0.717) is 6.42 Å². The van der Waals surface area contributed by atoms with Gasteiger partial charge in [-0.25, -0.2) is 4.98 Å². The molecule has 0 radical (unpaired) electrons. The van der Waals surface area contributed by atoms with Gasteiger partial charge in [0.25, 0.3) is 0 Å². The summed E-state index contributed by atoms with van der Waals surface area (Å²) in [7, 11) is 0. The summed E-state index contributed by atoms with van der Waals surface area (Å²) in [5.41, 5.74) is 3.25. The van der Waals surface area contributed by atoms with E-state index in [1.54, 1.807) is 11.3 Å². The molecule has 20 heavy (non-hydrogen) atoms. The van der Waals surface area contributed by atoms with Crippen molar-refractivity contribution in [1.29, 1.82) is 0 Å². The number of rotatable bonds is 4. The van der Waals surface area contributed by atoms with Gasteiger partial charge >= 0.3 is 0 Å². The summed E-state index contributed by atoms with van der Waals surface area (Å²) in [4.78, 5) is 4.59. The molecule has 0 spiro atoms. The first-order valence-corrected chi connectivity index (χ1v) is 7.70. The molecular formula is C17H17NOS. The van der Waals surface area contributed by atoms with E-state index in [2.05, 4.69) is 24.0 Å². The molecule has 1 heterocycles. The number of nitrogens with zero attached hydrogens (tertiary/aromatic N) is 1. The first-order chi connectivity index (χ1) is 9.78. The minimum Gasteiger partial charge on any atom is -0.388 e. The van der Waals surface area contributed by atoms with Crippen LogP contribution in [0.4, 0.5) is 0 Å². The molecule has 102 valence electrons. The second kappa shape index (κ2) is 5.73. The molecule has 0 aliphatic heterocycles. The Labute approximate surface area is 122 Å². The summed E-state index contributed by atoms with van der Waals surface area (Å²) in [5.74, 6) is 0. The van der Waals surface area contributed by atoms with E-state index in [-0.39, 0.29) is 0 Å². The Hall–Kier alpha value is -1.71. The standard InChI is InChI=1S/C17H17NOS/c1-2-12-7-3-4-8-13(12)15(19)11-17-18-14-9-5-6-10-16(14)20-17/h3-10,15,19H,2,11H2,1H3. The van der Waals surface area contributed by atoms with Crippen molar-refractivity contribution in [2.45, 2.75) is 25.9 Å². The van der Waals surface area contributed by atoms with Gasteiger partial charge in [0.15, 0.2) is 0 Å². The lowest BCUT2D eigenvalue weighted by molar-refractivity contribution is 0.177. The van der Waals surface area contributed by atoms with Crippen LogP contribution in [0.2, 0.25) is 0 Å². The van der Waals surface area contributed by atoms with Gasteiger partial charge in [-0.05, 0) is 29.7 Å². The topological polar surface area (TPSA) is 33.1 Å². The molecule has 3 aromatic rings. The van der Waals surface area contributed by atoms with Gasteiger partial charge in [-0.1, -0.05) is 43.3 Å². The Morgan fingerprint density at radius 3 is 2.65 bits per heavy atom. The number of hydrogen-bond acceptors (Lipinski definition) is 3. The van der Waals surface area contributed by atoms with Gasteiger partial charge in [0.1, 0.15) is 0 Å². The van der Waals surface area contributed by atoms with Crippen LogP contribution in [0.1, 0.15) is 29.2 Å². The van der Waals surface area contributed by atoms with Gasteiger partial charge < -0.3 is 5.11 Å². The number of thiazole rings is 1. The zero-order valence-electron chi connectivity index (χ0n) is 11.4. The first-order valence-electron chi connectivity index (χ1n) is 6.88. The molecule has 3 rings (SSSR count). The van der Waals surface area contributed by atoms with E-state index < -0.39 is 6.10 Å². The average molecular weight is 283 g/mol. The fourth-order valence-corrected chi connectivity index (χ4v) is 3.47. The highest BCUT2D eigenvalue weighted by Crippen LogP contribution is 2.27. The van der Waals surface area contributed by atoms with Crippen molar-refractivity contribution >= 4 is 21.6 Å². The molecule has 0 saturated heterocycles. The number of aliphatic hydroxyl groups is 1. The van der Waals surface area contributed by atoms with Crippen LogP contribution in [-0.2, 0) is 12.8 Å². The number of aliphatic hydroxyl groups excluding tert-OH is 1. The molecule has 1 N–H and O–H groups in total. The zero-order valence-corrected chi connectivity index (χ0v) is 12.2. The maximum Gasteiger partial charge on any atom is 0.0967 e. The minimum atomic E-state index is -0.480. The number of fused-ring (bicyclic) bond motifs is 1. The number of benzene rings is 2. The fourth-order valence-electron chi connectivity index (χ4n) is 2.46. The van der Waals surface area contributed by atoms with Crippen molar-refractivity contribution in [3.8, 4) is 0 Å². The molecular weight excluding hydrogens is 266 g/mol. The lowest BCUT2D eigenvalue weighted by atomic mass is 9.99. The Morgan fingerprint density at radius 2 is 1.85 bits per heavy atom. The number of para-hydroxylation sites is 1. The SMILES string of the molecule is CCc1ccccc1C(O)Cc1nc2ccccc2s1. The third-order valence-corrected chi connectivity index (χ3v) is 4.56. The molecule has 3 heteroatoms. The highest BCUT2D eigenvalue weighted by atomic mass is 32.1. The van der Waals surface area contributed by atoms with Crippen molar-refractivity contribution in [3.63, 3.8) is 0 Å². The molecule has 0 amide bonds. The molecule has 0 fully saturated rings. The third kappa shape index (κ3) is 2.60. The second-order valence-corrected chi connectivity index (χ2v) is 5.96. The molecule has 0 aliphatic carbocycles. The summed E-state index contributed by atoms with van der Waals surface area (Å²) < 4.78 is 1.18. The van der Waals surface area contributed by atoms with E-state index in [1.165, 1.54) is 10.3 Å². The maximum absolute atomic E-state index is 10.5. The van der Waals surface area contributed by atoms with Gasteiger partial charge in [-0.3, -0.25) is 0 Å². The lowest BCUT2D eigenvalue weighted by Crippen LogP contribution is -2.04. The normalized spacial score (nSPS) is 12.7. The van der Waals surface area contributed by atoms with E-state index in [9.17, 15) is 5.11 Å². The van der Waals surface area contributed by atoms with Crippen molar-refractivity contribution < 1.29 is 5.11 Å². The van der Waals surface area contributed by atoms with Gasteiger partial charge in [-0.2, -0.15) is 0 Å². The monoisotopic (exact) mass is 283 g/mol. The molecule has 2 nitrogen and oxygen atoms in total. The summed E-state index contributed by atoms with van der Waals surface area (Å²) in [5, 5.41) is 11.5. The molecule has 2 aromatic carbocycles. The zero-order chi connectivity index (χ0) is 13.9. The summed E-state index contributed by atoms with van der Waals surface area (Å²) in [6.07, 6.45) is 1.04. The van der Waals surface area contributed by atoms with Gasteiger partial charge in [0.05, 0.1) is 21.3 Å². The summed E-state index contributed by atoms with van der Waals surface area (Å²) in [6.45, 7) is 2.11. The third-order valence-electron chi connectivity index (χ3n) is 3.50.